The van der Waals surface area contributed by atoms with Gasteiger partial charge in [0.25, 0.3) is 5.91 Å². The minimum absolute atomic E-state index is 0.0987. The van der Waals surface area contributed by atoms with Crippen molar-refractivity contribution in [1.29, 1.82) is 0 Å². The van der Waals surface area contributed by atoms with Crippen molar-refractivity contribution in [3.8, 4) is 5.75 Å². The summed E-state index contributed by atoms with van der Waals surface area (Å²) in [7, 11) is 0. The summed E-state index contributed by atoms with van der Waals surface area (Å²) < 4.78 is 7.78. The van der Waals surface area contributed by atoms with E-state index in [0.29, 0.717) is 10.8 Å². The van der Waals surface area contributed by atoms with E-state index in [0.717, 1.165) is 23.1 Å². The van der Waals surface area contributed by atoms with Crippen LogP contribution in [0.2, 0.25) is 5.02 Å². The second-order valence-electron chi connectivity index (χ2n) is 6.26. The molecule has 27 heavy (non-hydrogen) atoms. The summed E-state index contributed by atoms with van der Waals surface area (Å²) in [5.74, 6) is 0.268. The Kier molecular flexibility index (Phi) is 4.73. The molecule has 0 saturated heterocycles. The third-order valence-electron chi connectivity index (χ3n) is 4.57. The number of carbonyl (C=O) groups excluding carboxylic acids is 1. The molecule has 136 valence electrons. The molecule has 5 heteroatoms. The summed E-state index contributed by atoms with van der Waals surface area (Å²) in [5.41, 5.74) is 3.10. The second-order valence-corrected chi connectivity index (χ2v) is 6.67. The third-order valence-corrected chi connectivity index (χ3v) is 4.88. The summed E-state index contributed by atoms with van der Waals surface area (Å²) >= 11 is 6.05. The van der Waals surface area contributed by atoms with Gasteiger partial charge in [0.1, 0.15) is 5.75 Å². The van der Waals surface area contributed by atoms with Gasteiger partial charge in [-0.15, -0.1) is 0 Å². The summed E-state index contributed by atoms with van der Waals surface area (Å²) in [5, 5.41) is 5.69. The highest BCUT2D eigenvalue weighted by molar-refractivity contribution is 6.32. The van der Waals surface area contributed by atoms with Crippen molar-refractivity contribution in [2.75, 3.05) is 11.9 Å². The van der Waals surface area contributed by atoms with Gasteiger partial charge >= 0.3 is 0 Å². The Morgan fingerprint density at radius 2 is 1.74 bits per heavy atom. The van der Waals surface area contributed by atoms with E-state index in [9.17, 15) is 4.79 Å². The zero-order valence-corrected chi connectivity index (χ0v) is 15.7. The van der Waals surface area contributed by atoms with Crippen molar-refractivity contribution < 1.29 is 9.53 Å². The number of rotatable bonds is 5. The number of para-hydroxylation sites is 2. The lowest BCUT2D eigenvalue weighted by molar-refractivity contribution is -0.118. The molecule has 3 aromatic carbocycles. The smallest absolute Gasteiger partial charge is 0.262 e. The fraction of sp³-hybridized carbons (Fsp3) is 0.136. The molecular weight excluding hydrogens is 360 g/mol. The maximum atomic E-state index is 12.3. The summed E-state index contributed by atoms with van der Waals surface area (Å²) in [6, 6.07) is 21.4. The number of nitrogens with zero attached hydrogens (tertiary/aromatic N) is 1. The van der Waals surface area contributed by atoms with Crippen LogP contribution < -0.4 is 10.1 Å². The molecule has 0 saturated carbocycles. The van der Waals surface area contributed by atoms with Crippen molar-refractivity contribution in [3.05, 3.63) is 71.8 Å². The average Bonchev–Trinajstić information content (AvgIpc) is 3.00. The minimum atomic E-state index is -0.228. The van der Waals surface area contributed by atoms with Crippen LogP contribution in [0.3, 0.4) is 0 Å². The molecule has 0 bridgehead atoms. The first-order valence-corrected chi connectivity index (χ1v) is 9.23. The monoisotopic (exact) mass is 378 g/mol. The number of amides is 1. The van der Waals surface area contributed by atoms with Gasteiger partial charge in [0.2, 0.25) is 0 Å². The van der Waals surface area contributed by atoms with Gasteiger partial charge in [-0.1, -0.05) is 41.9 Å². The van der Waals surface area contributed by atoms with Gasteiger partial charge in [-0.25, -0.2) is 0 Å². The molecule has 0 unspecified atom stereocenters. The molecule has 4 aromatic rings. The molecule has 1 N–H and O–H groups in total. The first-order valence-electron chi connectivity index (χ1n) is 8.85. The normalized spacial score (nSPS) is 11.0. The Bertz CT molecular complexity index is 1130. The summed E-state index contributed by atoms with van der Waals surface area (Å²) in [4.78, 5) is 12.3. The number of benzene rings is 3. The van der Waals surface area contributed by atoms with Crippen LogP contribution in [0.15, 0.2) is 66.7 Å². The van der Waals surface area contributed by atoms with Crippen molar-refractivity contribution in [1.82, 2.24) is 4.57 Å². The molecule has 1 amide bonds. The van der Waals surface area contributed by atoms with E-state index in [2.05, 4.69) is 28.9 Å². The Hall–Kier alpha value is -2.98. The molecule has 0 aliphatic heterocycles. The van der Waals surface area contributed by atoms with Crippen LogP contribution in [0, 0.1) is 0 Å². The number of aryl methyl sites for hydroxylation is 1. The standard InChI is InChI=1S/C22H19ClN2O2/c1-2-25-19-9-5-3-7-16(19)17-13-15(11-12-20(17)25)24-22(26)14-27-21-10-6-4-8-18(21)23/h3-13H,2,14H2,1H3,(H,24,26). The molecule has 0 spiro atoms. The van der Waals surface area contributed by atoms with Crippen LogP contribution in [0.1, 0.15) is 6.92 Å². The SMILES string of the molecule is CCn1c2ccccc2c2cc(NC(=O)COc3ccccc3Cl)ccc21. The molecule has 0 atom stereocenters. The van der Waals surface area contributed by atoms with Crippen molar-refractivity contribution >= 4 is 45.0 Å². The van der Waals surface area contributed by atoms with Crippen LogP contribution in [0.5, 0.6) is 5.75 Å². The summed E-state index contributed by atoms with van der Waals surface area (Å²) in [6.07, 6.45) is 0. The Morgan fingerprint density at radius 3 is 2.56 bits per heavy atom. The van der Waals surface area contributed by atoms with Crippen LogP contribution in [-0.4, -0.2) is 17.1 Å². The van der Waals surface area contributed by atoms with Gasteiger partial charge in [-0.05, 0) is 43.3 Å². The number of carbonyl (C=O) groups is 1. The van der Waals surface area contributed by atoms with E-state index in [4.69, 9.17) is 16.3 Å². The molecule has 4 nitrogen and oxygen atoms in total. The highest BCUT2D eigenvalue weighted by Crippen LogP contribution is 2.31. The Balaban J connectivity index is 1.56. The topological polar surface area (TPSA) is 43.3 Å². The van der Waals surface area contributed by atoms with E-state index in [1.807, 2.05) is 42.5 Å². The maximum Gasteiger partial charge on any atom is 0.262 e. The van der Waals surface area contributed by atoms with Crippen molar-refractivity contribution in [2.24, 2.45) is 0 Å². The van der Waals surface area contributed by atoms with Crippen LogP contribution in [0.4, 0.5) is 5.69 Å². The molecular formula is C22H19ClN2O2. The number of hydrogen-bond acceptors (Lipinski definition) is 2. The predicted octanol–water partition coefficient (Wildman–Crippen LogP) is 5.49. The van der Waals surface area contributed by atoms with E-state index in [1.54, 1.807) is 12.1 Å². The van der Waals surface area contributed by atoms with Crippen LogP contribution in [0.25, 0.3) is 21.8 Å². The first-order chi connectivity index (χ1) is 13.2. The molecule has 4 rings (SSSR count). The van der Waals surface area contributed by atoms with Crippen molar-refractivity contribution in [2.45, 2.75) is 13.5 Å². The fourth-order valence-electron chi connectivity index (χ4n) is 3.37. The lowest BCUT2D eigenvalue weighted by Gasteiger charge is -2.09. The number of anilines is 1. The largest absolute Gasteiger partial charge is 0.482 e. The zero-order chi connectivity index (χ0) is 18.8. The zero-order valence-electron chi connectivity index (χ0n) is 14.9. The molecule has 1 heterocycles. The van der Waals surface area contributed by atoms with Gasteiger partial charge in [-0.3, -0.25) is 4.79 Å². The number of aromatic nitrogens is 1. The van der Waals surface area contributed by atoms with Gasteiger partial charge in [0, 0.05) is 34.0 Å². The lowest BCUT2D eigenvalue weighted by Crippen LogP contribution is -2.20. The third kappa shape index (κ3) is 3.36. The van der Waals surface area contributed by atoms with Gasteiger partial charge in [0.05, 0.1) is 5.02 Å². The van der Waals surface area contributed by atoms with Crippen molar-refractivity contribution in [3.63, 3.8) is 0 Å². The van der Waals surface area contributed by atoms with E-state index >= 15 is 0 Å². The molecule has 0 aliphatic carbocycles. The molecule has 0 radical (unpaired) electrons. The van der Waals surface area contributed by atoms with Gasteiger partial charge in [-0.2, -0.15) is 0 Å². The van der Waals surface area contributed by atoms with E-state index < -0.39 is 0 Å². The fourth-order valence-corrected chi connectivity index (χ4v) is 3.56. The number of fused-ring (bicyclic) bond motifs is 3. The average molecular weight is 379 g/mol. The Morgan fingerprint density at radius 1 is 1.00 bits per heavy atom. The number of ether oxygens (including phenoxy) is 1. The number of nitrogens with one attached hydrogen (secondary N) is 1. The lowest BCUT2D eigenvalue weighted by atomic mass is 10.1. The quantitative estimate of drug-likeness (QED) is 0.499. The minimum Gasteiger partial charge on any atom is -0.482 e. The Labute approximate surface area is 162 Å². The maximum absolute atomic E-state index is 12.3. The first kappa shape index (κ1) is 17.4. The molecule has 0 aliphatic rings. The number of hydrogen-bond donors (Lipinski definition) is 1. The van der Waals surface area contributed by atoms with Gasteiger partial charge < -0.3 is 14.6 Å². The second kappa shape index (κ2) is 7.33. The highest BCUT2D eigenvalue weighted by atomic mass is 35.5. The van der Waals surface area contributed by atoms with E-state index in [1.165, 1.54) is 10.9 Å². The highest BCUT2D eigenvalue weighted by Gasteiger charge is 2.11. The van der Waals surface area contributed by atoms with Crippen LogP contribution in [-0.2, 0) is 11.3 Å². The molecule has 1 aromatic heterocycles. The number of halogens is 1. The van der Waals surface area contributed by atoms with Gasteiger partial charge in [0.15, 0.2) is 6.61 Å². The predicted molar refractivity (Wildman–Crippen MR) is 111 cm³/mol. The van der Waals surface area contributed by atoms with Crippen LogP contribution >= 0.6 is 11.6 Å². The molecule has 0 fully saturated rings. The van der Waals surface area contributed by atoms with E-state index in [-0.39, 0.29) is 12.5 Å². The summed E-state index contributed by atoms with van der Waals surface area (Å²) in [6.45, 7) is 2.92.